The van der Waals surface area contributed by atoms with Gasteiger partial charge in [0, 0.05) is 24.5 Å². The molecule has 1 aliphatic rings. The van der Waals surface area contributed by atoms with E-state index in [1.54, 1.807) is 17.8 Å². The van der Waals surface area contributed by atoms with Gasteiger partial charge in [-0.2, -0.15) is 0 Å². The molecule has 0 saturated carbocycles. The maximum atomic E-state index is 12.8. The molecule has 3 rings (SSSR count). The lowest BCUT2D eigenvalue weighted by Crippen LogP contribution is -2.32. The molecular weight excluding hydrogens is 370 g/mol. The zero-order valence-electron chi connectivity index (χ0n) is 16.2. The molecule has 0 bridgehead atoms. The van der Waals surface area contributed by atoms with Gasteiger partial charge in [0.25, 0.3) is 5.91 Å². The number of rotatable bonds is 7. The molecule has 2 aromatic carbocycles. The van der Waals surface area contributed by atoms with E-state index in [1.807, 2.05) is 42.2 Å². The van der Waals surface area contributed by atoms with Gasteiger partial charge in [0.2, 0.25) is 0 Å². The van der Waals surface area contributed by atoms with Gasteiger partial charge >= 0.3 is 6.03 Å². The fourth-order valence-electron chi connectivity index (χ4n) is 3.24. The summed E-state index contributed by atoms with van der Waals surface area (Å²) in [4.78, 5) is 28.2. The molecule has 0 aliphatic carbocycles. The number of hydrogen-bond donors (Lipinski definition) is 2. The third-order valence-electron chi connectivity index (χ3n) is 4.75. The molecule has 5 nitrogen and oxygen atoms in total. The van der Waals surface area contributed by atoms with Crippen LogP contribution in [0.25, 0.3) is 0 Å². The van der Waals surface area contributed by atoms with Crippen molar-refractivity contribution in [2.24, 2.45) is 0 Å². The highest BCUT2D eigenvalue weighted by Gasteiger charge is 2.23. The van der Waals surface area contributed by atoms with E-state index in [1.165, 1.54) is 4.90 Å². The molecule has 1 saturated heterocycles. The van der Waals surface area contributed by atoms with E-state index in [9.17, 15) is 9.59 Å². The van der Waals surface area contributed by atoms with Crippen LogP contribution in [0.3, 0.4) is 0 Å². The largest absolute Gasteiger partial charge is 0.339 e. The maximum absolute atomic E-state index is 12.8. The summed E-state index contributed by atoms with van der Waals surface area (Å²) in [6.07, 6.45) is 2.96. The van der Waals surface area contributed by atoms with Crippen LogP contribution in [0.2, 0.25) is 0 Å². The number of nitrogens with zero attached hydrogens (tertiary/aromatic N) is 1. The third-order valence-corrected chi connectivity index (χ3v) is 5.85. The van der Waals surface area contributed by atoms with Crippen LogP contribution in [-0.4, -0.2) is 42.2 Å². The predicted octanol–water partition coefficient (Wildman–Crippen LogP) is 4.53. The monoisotopic (exact) mass is 397 g/mol. The van der Waals surface area contributed by atoms with Crippen LogP contribution in [-0.2, 0) is 0 Å². The smallest absolute Gasteiger partial charge is 0.319 e. The van der Waals surface area contributed by atoms with E-state index in [-0.39, 0.29) is 11.9 Å². The Bertz CT molecular complexity index is 805. The lowest BCUT2D eigenvalue weighted by atomic mass is 10.1. The highest BCUT2D eigenvalue weighted by Crippen LogP contribution is 2.24. The summed E-state index contributed by atoms with van der Waals surface area (Å²) >= 11 is 1.78. The molecule has 2 aromatic rings. The van der Waals surface area contributed by atoms with Crippen LogP contribution in [0.15, 0.2) is 53.4 Å². The van der Waals surface area contributed by atoms with Gasteiger partial charge in [0.1, 0.15) is 0 Å². The molecule has 148 valence electrons. The second kappa shape index (κ2) is 10.2. The van der Waals surface area contributed by atoms with Gasteiger partial charge in [0.15, 0.2) is 0 Å². The zero-order valence-corrected chi connectivity index (χ0v) is 17.1. The summed E-state index contributed by atoms with van der Waals surface area (Å²) in [7, 11) is 0. The number of carbonyl (C=O) groups is 2. The molecule has 6 heteroatoms. The van der Waals surface area contributed by atoms with Gasteiger partial charge in [-0.15, -0.1) is 11.8 Å². The summed E-state index contributed by atoms with van der Waals surface area (Å²) in [6, 6.07) is 15.5. The molecule has 3 amide bonds. The minimum Gasteiger partial charge on any atom is -0.339 e. The van der Waals surface area contributed by atoms with Crippen molar-refractivity contribution in [1.82, 2.24) is 10.2 Å². The number of aryl methyl sites for hydroxylation is 1. The first-order chi connectivity index (χ1) is 13.6. The van der Waals surface area contributed by atoms with Crippen molar-refractivity contribution < 1.29 is 9.59 Å². The van der Waals surface area contributed by atoms with Crippen molar-refractivity contribution in [2.45, 2.75) is 31.1 Å². The minimum atomic E-state index is -0.269. The number of thioether (sulfide) groups is 1. The highest BCUT2D eigenvalue weighted by atomic mass is 32.2. The molecule has 0 unspecified atom stereocenters. The van der Waals surface area contributed by atoms with Gasteiger partial charge in [0.05, 0.1) is 11.3 Å². The van der Waals surface area contributed by atoms with Crippen LogP contribution >= 0.6 is 11.8 Å². The maximum Gasteiger partial charge on any atom is 0.319 e. The van der Waals surface area contributed by atoms with Crippen molar-refractivity contribution >= 4 is 29.4 Å². The SMILES string of the molecule is Cc1cccc(C(=O)N2CCCC2)c1NC(=O)NCCCSc1ccccc1. The standard InChI is InChI=1S/C22H27N3O2S/c1-17-9-7-12-19(21(26)25-14-5-6-15-25)20(17)24-22(27)23-13-8-16-28-18-10-3-2-4-11-18/h2-4,7,9-12H,5-6,8,13-16H2,1H3,(H2,23,24,27). The Labute approximate surface area is 170 Å². The molecule has 0 atom stereocenters. The topological polar surface area (TPSA) is 61.4 Å². The molecule has 0 radical (unpaired) electrons. The third kappa shape index (κ3) is 5.52. The average Bonchev–Trinajstić information content (AvgIpc) is 3.24. The van der Waals surface area contributed by atoms with Crippen molar-refractivity contribution in [2.75, 3.05) is 30.7 Å². The average molecular weight is 398 g/mol. The quantitative estimate of drug-likeness (QED) is 0.533. The lowest BCUT2D eigenvalue weighted by molar-refractivity contribution is 0.0794. The molecule has 1 fully saturated rings. The van der Waals surface area contributed by atoms with Crippen LogP contribution in [0, 0.1) is 6.92 Å². The van der Waals surface area contributed by atoms with E-state index in [2.05, 4.69) is 22.8 Å². The van der Waals surface area contributed by atoms with E-state index >= 15 is 0 Å². The summed E-state index contributed by atoms with van der Waals surface area (Å²) in [5, 5.41) is 5.78. The Morgan fingerprint density at radius 3 is 2.54 bits per heavy atom. The molecule has 0 aromatic heterocycles. The molecule has 2 N–H and O–H groups in total. The first-order valence-electron chi connectivity index (χ1n) is 9.77. The number of hydrogen-bond acceptors (Lipinski definition) is 3. The molecule has 1 aliphatic heterocycles. The van der Waals surface area contributed by atoms with Gasteiger partial charge in [-0.05, 0) is 55.7 Å². The van der Waals surface area contributed by atoms with Crippen molar-refractivity contribution in [3.8, 4) is 0 Å². The van der Waals surface area contributed by atoms with Crippen molar-refractivity contribution in [1.29, 1.82) is 0 Å². The number of amides is 3. The van der Waals surface area contributed by atoms with Gasteiger partial charge in [-0.25, -0.2) is 4.79 Å². The van der Waals surface area contributed by atoms with E-state index in [0.717, 1.165) is 43.7 Å². The Morgan fingerprint density at radius 2 is 1.79 bits per heavy atom. The molecule has 1 heterocycles. The number of urea groups is 1. The van der Waals surface area contributed by atoms with Gasteiger partial charge in [-0.3, -0.25) is 4.79 Å². The summed E-state index contributed by atoms with van der Waals surface area (Å²) in [5.41, 5.74) is 2.06. The number of nitrogens with one attached hydrogen (secondary N) is 2. The first kappa shape index (κ1) is 20.3. The number of carbonyl (C=O) groups excluding carboxylic acids is 2. The second-order valence-corrected chi connectivity index (χ2v) is 8.06. The van der Waals surface area contributed by atoms with E-state index < -0.39 is 0 Å². The number of anilines is 1. The lowest BCUT2D eigenvalue weighted by Gasteiger charge is -2.19. The Kier molecular flexibility index (Phi) is 7.37. The van der Waals surface area contributed by atoms with E-state index in [0.29, 0.717) is 17.8 Å². The van der Waals surface area contributed by atoms with Crippen molar-refractivity contribution in [3.05, 3.63) is 59.7 Å². The summed E-state index contributed by atoms with van der Waals surface area (Å²) < 4.78 is 0. The van der Waals surface area contributed by atoms with Crippen LogP contribution < -0.4 is 10.6 Å². The fraction of sp³-hybridized carbons (Fsp3) is 0.364. The molecular formula is C22H27N3O2S. The Morgan fingerprint density at radius 1 is 1.04 bits per heavy atom. The second-order valence-electron chi connectivity index (χ2n) is 6.89. The fourth-order valence-corrected chi connectivity index (χ4v) is 4.11. The van der Waals surface area contributed by atoms with E-state index in [4.69, 9.17) is 0 Å². The number of para-hydroxylation sites is 1. The first-order valence-corrected chi connectivity index (χ1v) is 10.8. The van der Waals surface area contributed by atoms with Gasteiger partial charge in [-0.1, -0.05) is 30.3 Å². The van der Waals surface area contributed by atoms with Crippen LogP contribution in [0.1, 0.15) is 35.2 Å². The summed E-state index contributed by atoms with van der Waals surface area (Å²) in [6.45, 7) is 4.08. The van der Waals surface area contributed by atoms with Crippen molar-refractivity contribution in [3.63, 3.8) is 0 Å². The van der Waals surface area contributed by atoms with Crippen LogP contribution in [0.5, 0.6) is 0 Å². The number of benzene rings is 2. The summed E-state index contributed by atoms with van der Waals surface area (Å²) in [5.74, 6) is 0.934. The zero-order chi connectivity index (χ0) is 19.8. The minimum absolute atomic E-state index is 0.00392. The normalized spacial score (nSPS) is 13.4. The molecule has 28 heavy (non-hydrogen) atoms. The Hall–Kier alpha value is -2.47. The molecule has 0 spiro atoms. The number of likely N-dealkylation sites (tertiary alicyclic amines) is 1. The van der Waals surface area contributed by atoms with Crippen LogP contribution in [0.4, 0.5) is 10.5 Å². The predicted molar refractivity (Wildman–Crippen MR) is 115 cm³/mol. The Balaban J connectivity index is 1.50. The van der Waals surface area contributed by atoms with Gasteiger partial charge < -0.3 is 15.5 Å². The highest BCUT2D eigenvalue weighted by molar-refractivity contribution is 7.99.